The Kier molecular flexibility index (Phi) is 15.9. The third-order valence-corrected chi connectivity index (χ3v) is 1.30. The minimum atomic E-state index is -2.64. The molecule has 0 aliphatic rings. The SMILES string of the molecule is CCNCC.CCO[PH](=O)O. The highest BCUT2D eigenvalue weighted by atomic mass is 31.1. The Morgan fingerprint density at radius 1 is 1.36 bits per heavy atom. The summed E-state index contributed by atoms with van der Waals surface area (Å²) in [4.78, 5) is 7.88. The maximum absolute atomic E-state index is 9.56. The maximum atomic E-state index is 9.56. The monoisotopic (exact) mass is 183 g/mol. The minimum Gasteiger partial charge on any atom is -0.326 e. The number of hydrogen-bond donors (Lipinski definition) is 2. The van der Waals surface area contributed by atoms with E-state index in [1.54, 1.807) is 6.92 Å². The van der Waals surface area contributed by atoms with Crippen molar-refractivity contribution in [3.8, 4) is 0 Å². The molecule has 0 saturated heterocycles. The fraction of sp³-hybridized carbons (Fsp3) is 1.00. The first-order valence-corrected chi connectivity index (χ1v) is 5.01. The van der Waals surface area contributed by atoms with Crippen LogP contribution in [0.25, 0.3) is 0 Å². The van der Waals surface area contributed by atoms with E-state index >= 15 is 0 Å². The summed E-state index contributed by atoms with van der Waals surface area (Å²) in [6.45, 7) is 8.37. The molecule has 5 heteroatoms. The molecule has 0 aromatic rings. The molecule has 0 spiro atoms. The molecule has 0 aliphatic heterocycles. The molecule has 0 aromatic heterocycles. The van der Waals surface area contributed by atoms with Crippen molar-refractivity contribution in [2.24, 2.45) is 0 Å². The number of nitrogens with one attached hydrogen (secondary N) is 1. The van der Waals surface area contributed by atoms with E-state index in [9.17, 15) is 4.57 Å². The molecule has 0 amide bonds. The predicted molar refractivity (Wildman–Crippen MR) is 47.1 cm³/mol. The summed E-state index contributed by atoms with van der Waals surface area (Å²) in [5.41, 5.74) is 0. The quantitative estimate of drug-likeness (QED) is 0.639. The fourth-order valence-electron chi connectivity index (χ4n) is 0.373. The van der Waals surface area contributed by atoms with Gasteiger partial charge in [0.15, 0.2) is 0 Å². The highest BCUT2D eigenvalue weighted by Crippen LogP contribution is 2.12. The standard InChI is InChI=1S/C4H11N.C2H7O3P/c1-3-5-4-2;1-2-5-6(3)4/h5H,3-4H2,1-2H3;6H,2H2,1H3,(H,3,4). The summed E-state index contributed by atoms with van der Waals surface area (Å²) in [6, 6.07) is 0. The fourth-order valence-corrected chi connectivity index (χ4v) is 0.620. The van der Waals surface area contributed by atoms with Crippen molar-refractivity contribution in [1.82, 2.24) is 5.32 Å². The minimum absolute atomic E-state index is 0.314. The summed E-state index contributed by atoms with van der Waals surface area (Å²) in [5, 5.41) is 3.11. The van der Waals surface area contributed by atoms with Crippen LogP contribution in [0.15, 0.2) is 0 Å². The van der Waals surface area contributed by atoms with Gasteiger partial charge in [0.1, 0.15) is 0 Å². The Hall–Kier alpha value is 0.110. The van der Waals surface area contributed by atoms with Crippen LogP contribution < -0.4 is 5.32 Å². The highest BCUT2D eigenvalue weighted by molar-refractivity contribution is 7.32. The summed E-state index contributed by atoms with van der Waals surface area (Å²) in [6.07, 6.45) is 0. The molecule has 0 aliphatic carbocycles. The van der Waals surface area contributed by atoms with E-state index in [1.165, 1.54) is 0 Å². The van der Waals surface area contributed by atoms with Gasteiger partial charge in [0.2, 0.25) is 0 Å². The highest BCUT2D eigenvalue weighted by Gasteiger charge is 1.81. The van der Waals surface area contributed by atoms with E-state index < -0.39 is 8.25 Å². The largest absolute Gasteiger partial charge is 0.326 e. The van der Waals surface area contributed by atoms with Crippen LogP contribution in [0.5, 0.6) is 0 Å². The average Bonchev–Trinajstić information content (AvgIpc) is 1.90. The second-order valence-electron chi connectivity index (χ2n) is 1.66. The van der Waals surface area contributed by atoms with Gasteiger partial charge in [-0.25, -0.2) is 0 Å². The van der Waals surface area contributed by atoms with Crippen molar-refractivity contribution >= 4 is 8.25 Å². The maximum Gasteiger partial charge on any atom is 0.316 e. The molecule has 4 nitrogen and oxygen atoms in total. The van der Waals surface area contributed by atoms with Gasteiger partial charge < -0.3 is 14.7 Å². The van der Waals surface area contributed by atoms with E-state index in [2.05, 4.69) is 23.7 Å². The molecule has 0 radical (unpaired) electrons. The van der Waals surface area contributed by atoms with Crippen molar-refractivity contribution < 1.29 is 14.0 Å². The third kappa shape index (κ3) is 25.5. The zero-order valence-corrected chi connectivity index (χ0v) is 8.39. The Morgan fingerprint density at radius 2 is 1.82 bits per heavy atom. The summed E-state index contributed by atoms with van der Waals surface area (Å²) < 4.78 is 13.7. The predicted octanol–water partition coefficient (Wildman–Crippen LogP) is 1.02. The van der Waals surface area contributed by atoms with E-state index in [1.807, 2.05) is 0 Å². The van der Waals surface area contributed by atoms with Crippen LogP contribution in [0.1, 0.15) is 20.8 Å². The third-order valence-electron chi connectivity index (χ3n) is 0.768. The Balaban J connectivity index is 0. The molecule has 1 unspecified atom stereocenters. The Morgan fingerprint density at radius 3 is 1.82 bits per heavy atom. The lowest BCUT2D eigenvalue weighted by Gasteiger charge is -1.86. The van der Waals surface area contributed by atoms with E-state index in [-0.39, 0.29) is 0 Å². The van der Waals surface area contributed by atoms with Crippen LogP contribution in [-0.2, 0) is 9.09 Å². The first-order valence-electron chi connectivity index (χ1n) is 3.75. The second-order valence-corrected chi connectivity index (χ2v) is 2.48. The molecule has 0 bridgehead atoms. The van der Waals surface area contributed by atoms with Gasteiger partial charge in [0.05, 0.1) is 6.61 Å². The molecule has 0 fully saturated rings. The topological polar surface area (TPSA) is 58.6 Å². The van der Waals surface area contributed by atoms with Crippen LogP contribution in [0.4, 0.5) is 0 Å². The van der Waals surface area contributed by atoms with Gasteiger partial charge in [-0.05, 0) is 20.0 Å². The summed E-state index contributed by atoms with van der Waals surface area (Å²) in [7, 11) is -2.64. The lowest BCUT2D eigenvalue weighted by molar-refractivity contribution is 0.297. The molecule has 1 atom stereocenters. The van der Waals surface area contributed by atoms with Crippen LogP contribution in [-0.4, -0.2) is 24.6 Å². The average molecular weight is 183 g/mol. The van der Waals surface area contributed by atoms with Crippen molar-refractivity contribution in [3.05, 3.63) is 0 Å². The van der Waals surface area contributed by atoms with Crippen molar-refractivity contribution in [2.75, 3.05) is 19.7 Å². The van der Waals surface area contributed by atoms with Crippen LogP contribution in [0, 0.1) is 0 Å². The second kappa shape index (κ2) is 12.8. The summed E-state index contributed by atoms with van der Waals surface area (Å²) in [5.74, 6) is 0. The molecule has 70 valence electrons. The van der Waals surface area contributed by atoms with Gasteiger partial charge in [0.25, 0.3) is 0 Å². The zero-order chi connectivity index (χ0) is 9.11. The van der Waals surface area contributed by atoms with Crippen LogP contribution in [0.3, 0.4) is 0 Å². The smallest absolute Gasteiger partial charge is 0.316 e. The molecule has 2 N–H and O–H groups in total. The molecule has 0 rings (SSSR count). The molecule has 11 heavy (non-hydrogen) atoms. The van der Waals surface area contributed by atoms with Gasteiger partial charge in [-0.2, -0.15) is 0 Å². The normalized spacial score (nSPS) is 11.6. The first-order chi connectivity index (χ1) is 5.18. The lowest BCUT2D eigenvalue weighted by Crippen LogP contribution is -2.09. The summed E-state index contributed by atoms with van der Waals surface area (Å²) >= 11 is 0. The molecular weight excluding hydrogens is 165 g/mol. The van der Waals surface area contributed by atoms with Gasteiger partial charge in [0, 0.05) is 0 Å². The Bertz CT molecular complexity index is 87.9. The van der Waals surface area contributed by atoms with Crippen LogP contribution in [0.2, 0.25) is 0 Å². The van der Waals surface area contributed by atoms with Gasteiger partial charge >= 0.3 is 8.25 Å². The van der Waals surface area contributed by atoms with Crippen molar-refractivity contribution in [1.29, 1.82) is 0 Å². The van der Waals surface area contributed by atoms with Gasteiger partial charge in [-0.1, -0.05) is 13.8 Å². The Labute approximate surface area is 68.9 Å². The van der Waals surface area contributed by atoms with Crippen molar-refractivity contribution in [2.45, 2.75) is 20.8 Å². The number of rotatable bonds is 4. The van der Waals surface area contributed by atoms with Gasteiger partial charge in [-0.15, -0.1) is 0 Å². The zero-order valence-electron chi connectivity index (χ0n) is 7.39. The molecule has 0 heterocycles. The van der Waals surface area contributed by atoms with E-state index in [0.717, 1.165) is 13.1 Å². The van der Waals surface area contributed by atoms with Gasteiger partial charge in [-0.3, -0.25) is 4.57 Å². The lowest BCUT2D eigenvalue weighted by atomic mass is 10.7. The first kappa shape index (κ1) is 13.7. The molecule has 0 saturated carbocycles. The van der Waals surface area contributed by atoms with E-state index in [0.29, 0.717) is 6.61 Å². The van der Waals surface area contributed by atoms with E-state index in [4.69, 9.17) is 4.89 Å². The van der Waals surface area contributed by atoms with Crippen molar-refractivity contribution in [3.63, 3.8) is 0 Å². The molecular formula is C6H18NO3P. The van der Waals surface area contributed by atoms with Crippen LogP contribution >= 0.6 is 8.25 Å². The molecule has 0 aromatic carbocycles. The number of hydrogen-bond acceptors (Lipinski definition) is 3.